The van der Waals surface area contributed by atoms with Crippen LogP contribution in [0.5, 0.6) is 0 Å². The minimum absolute atomic E-state index is 0.581. The molecule has 0 saturated heterocycles. The van der Waals surface area contributed by atoms with Crippen molar-refractivity contribution in [1.29, 1.82) is 0 Å². The monoisotopic (exact) mass is 227 g/mol. The van der Waals surface area contributed by atoms with Gasteiger partial charge in [-0.3, -0.25) is 0 Å². The van der Waals surface area contributed by atoms with E-state index in [1.807, 2.05) is 67.6 Å². The number of hydrogen-bond acceptors (Lipinski definition) is 2. The average molecular weight is 227 g/mol. The molecular weight excluding hydrogens is 210 g/mol. The van der Waals surface area contributed by atoms with Crippen LogP contribution >= 0.6 is 0 Å². The first kappa shape index (κ1) is 11.8. The molecule has 0 aliphatic heterocycles. The molecule has 0 bridgehead atoms. The fraction of sp³-hybridized carbons (Fsp3) is 0.200. The lowest BCUT2D eigenvalue weighted by Crippen LogP contribution is -2.43. The Morgan fingerprint density at radius 3 is 1.53 bits per heavy atom. The Labute approximate surface area is 102 Å². The number of hydrogen-bond donors (Lipinski definition) is 2. The zero-order chi connectivity index (χ0) is 12.3. The van der Waals surface area contributed by atoms with Crippen LogP contribution in [-0.2, 0) is 5.41 Å². The molecule has 0 fully saturated rings. The van der Waals surface area contributed by atoms with Crippen LogP contribution in [0.15, 0.2) is 60.7 Å². The fourth-order valence-electron chi connectivity index (χ4n) is 2.08. The molecule has 2 nitrogen and oxygen atoms in total. The van der Waals surface area contributed by atoms with Gasteiger partial charge in [-0.15, -0.1) is 0 Å². The van der Waals surface area contributed by atoms with Gasteiger partial charge in [-0.2, -0.15) is 0 Å². The molecule has 0 amide bonds. The molecule has 88 valence electrons. The largest absolute Gasteiger partial charge is 0.378 e. The Bertz CT molecular complexity index is 425. The van der Waals surface area contributed by atoms with Gasteiger partial charge >= 0.3 is 0 Å². The topological polar surface area (TPSA) is 46.2 Å². The molecule has 0 radical (unpaired) electrons. The minimum atomic E-state index is -0.938. The third-order valence-corrected chi connectivity index (χ3v) is 3.34. The highest BCUT2D eigenvalue weighted by Crippen LogP contribution is 2.33. The van der Waals surface area contributed by atoms with E-state index in [1.54, 1.807) is 0 Å². The molecule has 17 heavy (non-hydrogen) atoms. The van der Waals surface area contributed by atoms with Crippen LogP contribution in [-0.4, -0.2) is 11.3 Å². The molecule has 1 unspecified atom stereocenters. The summed E-state index contributed by atoms with van der Waals surface area (Å²) in [5, 5.41) is 9.96. The molecule has 0 spiro atoms. The van der Waals surface area contributed by atoms with Gasteiger partial charge in [0, 0.05) is 0 Å². The number of aliphatic hydroxyl groups is 1. The summed E-state index contributed by atoms with van der Waals surface area (Å²) in [6, 6.07) is 19.7. The van der Waals surface area contributed by atoms with E-state index in [-0.39, 0.29) is 0 Å². The van der Waals surface area contributed by atoms with Crippen molar-refractivity contribution < 1.29 is 5.11 Å². The van der Waals surface area contributed by atoms with E-state index in [9.17, 15) is 5.11 Å². The van der Waals surface area contributed by atoms with E-state index >= 15 is 0 Å². The van der Waals surface area contributed by atoms with Crippen LogP contribution in [0.4, 0.5) is 0 Å². The summed E-state index contributed by atoms with van der Waals surface area (Å²) in [6.07, 6.45) is -0.938. The molecule has 0 aliphatic carbocycles. The zero-order valence-electron chi connectivity index (χ0n) is 9.88. The highest BCUT2D eigenvalue weighted by molar-refractivity contribution is 5.39. The van der Waals surface area contributed by atoms with E-state index < -0.39 is 11.6 Å². The Kier molecular flexibility index (Phi) is 3.27. The van der Waals surface area contributed by atoms with Crippen molar-refractivity contribution in [2.75, 3.05) is 0 Å². The highest BCUT2D eigenvalue weighted by atomic mass is 16.3. The summed E-state index contributed by atoms with van der Waals surface area (Å²) in [4.78, 5) is 0. The van der Waals surface area contributed by atoms with Gasteiger partial charge < -0.3 is 10.8 Å². The Balaban J connectivity index is 2.55. The zero-order valence-corrected chi connectivity index (χ0v) is 9.88. The van der Waals surface area contributed by atoms with E-state index in [1.165, 1.54) is 0 Å². The van der Waals surface area contributed by atoms with E-state index in [4.69, 9.17) is 5.73 Å². The fourth-order valence-corrected chi connectivity index (χ4v) is 2.08. The summed E-state index contributed by atoms with van der Waals surface area (Å²) < 4.78 is 0. The molecule has 2 rings (SSSR count). The van der Waals surface area contributed by atoms with Crippen molar-refractivity contribution in [2.45, 2.75) is 18.6 Å². The first-order valence-electron chi connectivity index (χ1n) is 5.70. The Morgan fingerprint density at radius 1 is 0.882 bits per heavy atom. The highest BCUT2D eigenvalue weighted by Gasteiger charge is 2.34. The van der Waals surface area contributed by atoms with Gasteiger partial charge in [-0.05, 0) is 18.1 Å². The second-order valence-electron chi connectivity index (χ2n) is 4.38. The molecular formula is C15H17NO. The maximum absolute atomic E-state index is 9.96. The first-order chi connectivity index (χ1) is 8.15. The lowest BCUT2D eigenvalue weighted by molar-refractivity contribution is 0.117. The van der Waals surface area contributed by atoms with Crippen molar-refractivity contribution in [2.24, 2.45) is 5.73 Å². The van der Waals surface area contributed by atoms with Crippen molar-refractivity contribution in [3.8, 4) is 0 Å². The molecule has 2 heteroatoms. The van der Waals surface area contributed by atoms with Crippen LogP contribution in [0.25, 0.3) is 0 Å². The number of aliphatic hydroxyl groups excluding tert-OH is 1. The third-order valence-electron chi connectivity index (χ3n) is 3.34. The van der Waals surface area contributed by atoms with Crippen LogP contribution in [0, 0.1) is 0 Å². The van der Waals surface area contributed by atoms with Gasteiger partial charge in [0.25, 0.3) is 0 Å². The smallest absolute Gasteiger partial charge is 0.116 e. The molecule has 3 N–H and O–H groups in total. The minimum Gasteiger partial charge on any atom is -0.378 e. The second-order valence-corrected chi connectivity index (χ2v) is 4.38. The maximum Gasteiger partial charge on any atom is 0.116 e. The van der Waals surface area contributed by atoms with Crippen LogP contribution in [0.1, 0.15) is 18.1 Å². The molecule has 0 heterocycles. The molecule has 0 saturated carbocycles. The molecule has 0 aliphatic rings. The summed E-state index contributed by atoms with van der Waals surface area (Å²) in [6.45, 7) is 1.96. The van der Waals surface area contributed by atoms with Gasteiger partial charge in [0.1, 0.15) is 6.23 Å². The molecule has 0 aromatic heterocycles. The predicted molar refractivity (Wildman–Crippen MR) is 69.5 cm³/mol. The average Bonchev–Trinajstić information content (AvgIpc) is 2.39. The second kappa shape index (κ2) is 4.70. The Hall–Kier alpha value is -1.64. The Morgan fingerprint density at radius 2 is 1.24 bits per heavy atom. The standard InChI is InChI=1S/C15H17NO/c1-15(14(16)17,12-8-4-2-5-9-12)13-10-6-3-7-11-13/h2-11,14,17H,16H2,1H3. The molecule has 1 atom stereocenters. The first-order valence-corrected chi connectivity index (χ1v) is 5.70. The van der Waals surface area contributed by atoms with Gasteiger partial charge in [0.15, 0.2) is 0 Å². The third kappa shape index (κ3) is 2.09. The SMILES string of the molecule is CC(c1ccccc1)(c1ccccc1)C(N)O. The number of rotatable bonds is 3. The summed E-state index contributed by atoms with van der Waals surface area (Å²) in [5.41, 5.74) is 7.24. The molecule has 2 aromatic rings. The van der Waals surface area contributed by atoms with Crippen molar-refractivity contribution in [1.82, 2.24) is 0 Å². The summed E-state index contributed by atoms with van der Waals surface area (Å²) in [5.74, 6) is 0. The van der Waals surface area contributed by atoms with Gasteiger partial charge in [0.2, 0.25) is 0 Å². The van der Waals surface area contributed by atoms with Crippen molar-refractivity contribution in [3.05, 3.63) is 71.8 Å². The van der Waals surface area contributed by atoms with Crippen LogP contribution < -0.4 is 5.73 Å². The maximum atomic E-state index is 9.96. The van der Waals surface area contributed by atoms with E-state index in [2.05, 4.69) is 0 Å². The van der Waals surface area contributed by atoms with Crippen LogP contribution in [0.3, 0.4) is 0 Å². The quantitative estimate of drug-likeness (QED) is 0.790. The van der Waals surface area contributed by atoms with Gasteiger partial charge in [0.05, 0.1) is 5.41 Å². The predicted octanol–water partition coefficient (Wildman–Crippen LogP) is 2.27. The summed E-state index contributed by atoms with van der Waals surface area (Å²) in [7, 11) is 0. The lowest BCUT2D eigenvalue weighted by atomic mass is 9.75. The van der Waals surface area contributed by atoms with Crippen molar-refractivity contribution in [3.63, 3.8) is 0 Å². The summed E-state index contributed by atoms with van der Waals surface area (Å²) >= 11 is 0. The van der Waals surface area contributed by atoms with Gasteiger partial charge in [-0.25, -0.2) is 0 Å². The number of benzene rings is 2. The van der Waals surface area contributed by atoms with E-state index in [0.717, 1.165) is 11.1 Å². The van der Waals surface area contributed by atoms with Gasteiger partial charge in [-0.1, -0.05) is 60.7 Å². The van der Waals surface area contributed by atoms with Crippen LogP contribution in [0.2, 0.25) is 0 Å². The number of nitrogens with two attached hydrogens (primary N) is 1. The van der Waals surface area contributed by atoms with Crippen molar-refractivity contribution >= 4 is 0 Å². The molecule has 2 aromatic carbocycles. The lowest BCUT2D eigenvalue weighted by Gasteiger charge is -2.33. The normalized spacial score (nSPS) is 13.4. The van der Waals surface area contributed by atoms with E-state index in [0.29, 0.717) is 0 Å².